The monoisotopic (exact) mass is 347 g/mol. The lowest BCUT2D eigenvalue weighted by atomic mass is 10.0. The van der Waals surface area contributed by atoms with Gasteiger partial charge in [-0.05, 0) is 25.8 Å². The molecule has 130 valence electrons. The summed E-state index contributed by atoms with van der Waals surface area (Å²) >= 11 is 1.74. The normalized spacial score (nSPS) is 26.2. The van der Waals surface area contributed by atoms with Gasteiger partial charge in [0.05, 0.1) is 35.9 Å². The molecule has 0 spiro atoms. The molecule has 2 fully saturated rings. The van der Waals surface area contributed by atoms with Crippen molar-refractivity contribution in [3.63, 3.8) is 0 Å². The highest BCUT2D eigenvalue weighted by Crippen LogP contribution is 2.26. The predicted molar refractivity (Wildman–Crippen MR) is 94.0 cm³/mol. The van der Waals surface area contributed by atoms with Crippen molar-refractivity contribution in [2.45, 2.75) is 45.0 Å². The smallest absolute Gasteiger partial charge is 0.0947 e. The second-order valence-corrected chi connectivity index (χ2v) is 7.85. The fraction of sp³-hybridized carbons (Fsp3) is 0.611. The molecule has 0 aliphatic carbocycles. The van der Waals surface area contributed by atoms with Gasteiger partial charge in [-0.15, -0.1) is 11.3 Å². The van der Waals surface area contributed by atoms with Gasteiger partial charge in [0.2, 0.25) is 0 Å². The van der Waals surface area contributed by atoms with E-state index in [2.05, 4.69) is 33.2 Å². The lowest BCUT2D eigenvalue weighted by molar-refractivity contribution is -0.0750. The second-order valence-electron chi connectivity index (χ2n) is 6.79. The minimum absolute atomic E-state index is 0.354. The number of nitrogens with zero attached hydrogens (tertiary/aromatic N) is 3. The minimum atomic E-state index is 0.354. The quantitative estimate of drug-likeness (QED) is 0.851. The van der Waals surface area contributed by atoms with E-state index in [4.69, 9.17) is 9.15 Å². The van der Waals surface area contributed by atoms with E-state index in [9.17, 15) is 0 Å². The lowest BCUT2D eigenvalue weighted by Gasteiger charge is -2.40. The lowest BCUT2D eigenvalue weighted by Crippen LogP contribution is -2.50. The number of hydrogen-bond donors (Lipinski definition) is 0. The molecule has 0 aromatic carbocycles. The van der Waals surface area contributed by atoms with Crippen molar-refractivity contribution in [1.29, 1.82) is 0 Å². The van der Waals surface area contributed by atoms with Crippen LogP contribution in [0.3, 0.4) is 0 Å². The Balaban J connectivity index is 1.40. The first-order chi connectivity index (χ1) is 11.8. The summed E-state index contributed by atoms with van der Waals surface area (Å²) in [6, 6.07) is 2.57. The summed E-state index contributed by atoms with van der Waals surface area (Å²) in [6.07, 6.45) is 6.23. The van der Waals surface area contributed by atoms with Gasteiger partial charge in [0.25, 0.3) is 0 Å². The number of furan rings is 1. The zero-order chi connectivity index (χ0) is 16.4. The Kier molecular flexibility index (Phi) is 4.98. The van der Waals surface area contributed by atoms with Gasteiger partial charge >= 0.3 is 0 Å². The van der Waals surface area contributed by atoms with E-state index in [0.717, 1.165) is 57.2 Å². The maximum absolute atomic E-state index is 6.11. The summed E-state index contributed by atoms with van der Waals surface area (Å²) in [6.45, 7) is 8.07. The Morgan fingerprint density at radius 1 is 1.25 bits per heavy atom. The van der Waals surface area contributed by atoms with Crippen molar-refractivity contribution in [3.8, 4) is 0 Å². The van der Waals surface area contributed by atoms with Crippen LogP contribution in [0.2, 0.25) is 0 Å². The molecule has 2 aromatic rings. The summed E-state index contributed by atoms with van der Waals surface area (Å²) < 4.78 is 11.3. The Bertz CT molecular complexity index is 642. The fourth-order valence-corrected chi connectivity index (χ4v) is 4.50. The van der Waals surface area contributed by atoms with Crippen LogP contribution in [0.4, 0.5) is 0 Å². The zero-order valence-corrected chi connectivity index (χ0v) is 15.0. The van der Waals surface area contributed by atoms with Crippen molar-refractivity contribution in [2.24, 2.45) is 0 Å². The molecular formula is C18H25N3O2S. The van der Waals surface area contributed by atoms with Crippen LogP contribution in [0.5, 0.6) is 0 Å². The van der Waals surface area contributed by atoms with E-state index in [1.165, 1.54) is 11.3 Å². The molecule has 2 aromatic heterocycles. The summed E-state index contributed by atoms with van der Waals surface area (Å²) in [7, 11) is 0. The van der Waals surface area contributed by atoms with Gasteiger partial charge in [0.15, 0.2) is 0 Å². The van der Waals surface area contributed by atoms with E-state index in [1.54, 1.807) is 17.6 Å². The highest BCUT2D eigenvalue weighted by Gasteiger charge is 2.34. The number of thiazole rings is 1. The number of ether oxygens (including phenoxy) is 1. The molecule has 0 radical (unpaired) electrons. The van der Waals surface area contributed by atoms with Crippen molar-refractivity contribution < 1.29 is 9.15 Å². The first-order valence-electron chi connectivity index (χ1n) is 8.78. The summed E-state index contributed by atoms with van der Waals surface area (Å²) in [5.74, 6) is 0. The molecule has 0 N–H and O–H groups in total. The Hall–Kier alpha value is -1.21. The maximum Gasteiger partial charge on any atom is 0.0947 e. The number of hydrogen-bond acceptors (Lipinski definition) is 6. The molecular weight excluding hydrogens is 322 g/mol. The van der Waals surface area contributed by atoms with Crippen molar-refractivity contribution in [2.75, 3.05) is 26.2 Å². The van der Waals surface area contributed by atoms with Gasteiger partial charge < -0.3 is 9.15 Å². The van der Waals surface area contributed by atoms with E-state index < -0.39 is 0 Å². The van der Waals surface area contributed by atoms with Crippen LogP contribution in [0.1, 0.15) is 29.1 Å². The van der Waals surface area contributed by atoms with Crippen LogP contribution < -0.4 is 0 Å². The molecule has 24 heavy (non-hydrogen) atoms. The number of aromatic nitrogens is 1. The molecule has 2 atom stereocenters. The van der Waals surface area contributed by atoms with Gasteiger partial charge in [-0.2, -0.15) is 0 Å². The molecule has 4 heterocycles. The molecule has 0 bridgehead atoms. The van der Waals surface area contributed by atoms with Gasteiger partial charge in [0, 0.05) is 49.7 Å². The van der Waals surface area contributed by atoms with Crippen LogP contribution in [-0.2, 0) is 17.8 Å². The minimum Gasteiger partial charge on any atom is -0.472 e. The molecule has 0 unspecified atom stereocenters. The topological polar surface area (TPSA) is 41.7 Å². The second kappa shape index (κ2) is 7.35. The number of morpholine rings is 1. The van der Waals surface area contributed by atoms with Crippen molar-refractivity contribution >= 4 is 11.3 Å². The molecule has 2 aliphatic heterocycles. The van der Waals surface area contributed by atoms with E-state index >= 15 is 0 Å². The number of likely N-dealkylation sites (tertiary alicyclic amines) is 1. The molecule has 2 aliphatic rings. The molecule has 2 saturated heterocycles. The average Bonchev–Trinajstić information content (AvgIpc) is 3.18. The van der Waals surface area contributed by atoms with Crippen molar-refractivity contribution in [3.05, 3.63) is 40.2 Å². The highest BCUT2D eigenvalue weighted by atomic mass is 32.1. The van der Waals surface area contributed by atoms with Gasteiger partial charge in [-0.3, -0.25) is 9.80 Å². The first kappa shape index (κ1) is 16.3. The van der Waals surface area contributed by atoms with Crippen LogP contribution in [-0.4, -0.2) is 53.2 Å². The van der Waals surface area contributed by atoms with Crippen LogP contribution in [0.25, 0.3) is 0 Å². The van der Waals surface area contributed by atoms with Gasteiger partial charge in [0.1, 0.15) is 0 Å². The summed E-state index contributed by atoms with van der Waals surface area (Å²) in [4.78, 5) is 9.76. The Labute approximate surface area is 147 Å². The number of rotatable bonds is 4. The zero-order valence-electron chi connectivity index (χ0n) is 14.2. The SMILES string of the molecule is Cc1nc(CN2CCO[C@@H]3CCN(Cc4ccoc4)CC[C@H]32)cs1. The van der Waals surface area contributed by atoms with E-state index in [-0.39, 0.29) is 0 Å². The van der Waals surface area contributed by atoms with E-state index in [0.29, 0.717) is 12.1 Å². The first-order valence-corrected chi connectivity index (χ1v) is 9.66. The molecule has 6 heteroatoms. The molecule has 0 amide bonds. The maximum atomic E-state index is 6.11. The highest BCUT2D eigenvalue weighted by molar-refractivity contribution is 7.09. The van der Waals surface area contributed by atoms with Gasteiger partial charge in [-0.1, -0.05) is 0 Å². The van der Waals surface area contributed by atoms with Gasteiger partial charge in [-0.25, -0.2) is 4.98 Å². The third-order valence-electron chi connectivity index (χ3n) is 5.10. The number of aryl methyl sites for hydroxylation is 1. The average molecular weight is 347 g/mol. The van der Waals surface area contributed by atoms with Crippen LogP contribution in [0, 0.1) is 6.92 Å². The summed E-state index contributed by atoms with van der Waals surface area (Å²) in [5.41, 5.74) is 2.47. The third-order valence-corrected chi connectivity index (χ3v) is 5.92. The van der Waals surface area contributed by atoms with E-state index in [1.807, 2.05) is 6.26 Å². The number of fused-ring (bicyclic) bond motifs is 1. The standard InChI is InChI=1S/C18H25N3O2S/c1-14-19-16(13-24-14)11-21-7-9-23-18-3-6-20(5-2-17(18)21)10-15-4-8-22-12-15/h4,8,12-13,17-18H,2-3,5-7,9-11H2,1H3/t17-,18-/m1/s1. The largest absolute Gasteiger partial charge is 0.472 e. The molecule has 5 nitrogen and oxygen atoms in total. The van der Waals surface area contributed by atoms with Crippen LogP contribution >= 0.6 is 11.3 Å². The molecule has 0 saturated carbocycles. The molecule has 4 rings (SSSR count). The van der Waals surface area contributed by atoms with Crippen LogP contribution in [0.15, 0.2) is 28.4 Å². The van der Waals surface area contributed by atoms with Crippen molar-refractivity contribution in [1.82, 2.24) is 14.8 Å². The fourth-order valence-electron chi connectivity index (χ4n) is 3.90. The third kappa shape index (κ3) is 3.72. The predicted octanol–water partition coefficient (Wildman–Crippen LogP) is 2.91. The summed E-state index contributed by atoms with van der Waals surface area (Å²) in [5, 5.41) is 3.35. The Morgan fingerprint density at radius 2 is 2.17 bits per heavy atom. The Morgan fingerprint density at radius 3 is 2.96 bits per heavy atom.